The van der Waals surface area contributed by atoms with Gasteiger partial charge in [-0.15, -0.1) is 6.58 Å². The van der Waals surface area contributed by atoms with Crippen molar-refractivity contribution < 1.29 is 14.6 Å². The predicted octanol–water partition coefficient (Wildman–Crippen LogP) is -0.294. The molecule has 1 atom stereocenters. The van der Waals surface area contributed by atoms with Crippen molar-refractivity contribution in [1.82, 2.24) is 0 Å². The first-order valence-corrected chi connectivity index (χ1v) is 2.17. The molecule has 0 aliphatic rings. The summed E-state index contributed by atoms with van der Waals surface area (Å²) in [5.74, 6) is 0. The lowest BCUT2D eigenvalue weighted by Crippen LogP contribution is -2.10. The first-order valence-electron chi connectivity index (χ1n) is 2.17. The zero-order valence-corrected chi connectivity index (χ0v) is 4.41. The van der Waals surface area contributed by atoms with Crippen LogP contribution in [-0.2, 0) is 9.53 Å². The van der Waals surface area contributed by atoms with Gasteiger partial charge in [-0.05, 0) is 0 Å². The number of aliphatic hydroxyl groups excluding tert-OH is 1. The molecule has 1 N–H and O–H groups in total. The van der Waals surface area contributed by atoms with Crippen LogP contribution in [0.5, 0.6) is 0 Å². The Labute approximate surface area is 47.6 Å². The molecule has 0 heterocycles. The third kappa shape index (κ3) is 3.36. The van der Waals surface area contributed by atoms with Crippen LogP contribution in [0.3, 0.4) is 0 Å². The molecule has 0 aromatic heterocycles. The largest absolute Gasteiger partial charge is 0.465 e. The van der Waals surface area contributed by atoms with Crippen LogP contribution >= 0.6 is 0 Å². The Morgan fingerprint density at radius 2 is 2.50 bits per heavy atom. The molecular formula is C5H8O3. The number of carbonyl (C=O) groups is 1. The summed E-state index contributed by atoms with van der Waals surface area (Å²) in [6, 6.07) is 0. The van der Waals surface area contributed by atoms with Crippen LogP contribution in [0.4, 0.5) is 0 Å². The molecule has 3 heteroatoms. The molecule has 0 aliphatic carbocycles. The van der Waals surface area contributed by atoms with Gasteiger partial charge in [-0.25, -0.2) is 0 Å². The van der Waals surface area contributed by atoms with E-state index in [0.29, 0.717) is 0 Å². The van der Waals surface area contributed by atoms with Crippen molar-refractivity contribution in [3.63, 3.8) is 0 Å². The lowest BCUT2D eigenvalue weighted by molar-refractivity contribution is -0.130. The van der Waals surface area contributed by atoms with Crippen molar-refractivity contribution in [2.75, 3.05) is 6.61 Å². The molecule has 0 aliphatic heterocycles. The fourth-order valence-electron chi connectivity index (χ4n) is 0.206. The highest BCUT2D eigenvalue weighted by atomic mass is 16.5. The van der Waals surface area contributed by atoms with E-state index < -0.39 is 6.10 Å². The Morgan fingerprint density at radius 3 is 2.88 bits per heavy atom. The van der Waals surface area contributed by atoms with Crippen LogP contribution in [0.2, 0.25) is 0 Å². The van der Waals surface area contributed by atoms with E-state index in [0.717, 1.165) is 0 Å². The van der Waals surface area contributed by atoms with E-state index in [-0.39, 0.29) is 13.1 Å². The van der Waals surface area contributed by atoms with Crippen molar-refractivity contribution in [3.05, 3.63) is 12.7 Å². The van der Waals surface area contributed by atoms with Gasteiger partial charge in [0.05, 0.1) is 0 Å². The first kappa shape index (κ1) is 7.17. The summed E-state index contributed by atoms with van der Waals surface area (Å²) in [5.41, 5.74) is 0. The van der Waals surface area contributed by atoms with E-state index >= 15 is 0 Å². The van der Waals surface area contributed by atoms with E-state index in [4.69, 9.17) is 5.11 Å². The molecule has 8 heavy (non-hydrogen) atoms. The van der Waals surface area contributed by atoms with Crippen LogP contribution in [-0.4, -0.2) is 24.3 Å². The van der Waals surface area contributed by atoms with Gasteiger partial charge >= 0.3 is 0 Å². The maximum atomic E-state index is 9.46. The Bertz CT molecular complexity index is 79.7. The van der Waals surface area contributed by atoms with E-state index in [2.05, 4.69) is 11.3 Å². The normalized spacial score (nSPS) is 12.1. The Hall–Kier alpha value is -0.830. The second-order valence-electron chi connectivity index (χ2n) is 1.23. The molecule has 3 nitrogen and oxygen atoms in total. The van der Waals surface area contributed by atoms with Crippen LogP contribution in [0.1, 0.15) is 0 Å². The minimum atomic E-state index is -0.736. The molecule has 0 saturated carbocycles. The molecule has 1 unspecified atom stereocenters. The van der Waals surface area contributed by atoms with Crippen molar-refractivity contribution in [2.24, 2.45) is 0 Å². The van der Waals surface area contributed by atoms with Gasteiger partial charge in [-0.1, -0.05) is 6.08 Å². The van der Waals surface area contributed by atoms with Crippen molar-refractivity contribution >= 4 is 6.47 Å². The molecular weight excluding hydrogens is 108 g/mol. The summed E-state index contributed by atoms with van der Waals surface area (Å²) in [7, 11) is 0. The van der Waals surface area contributed by atoms with Gasteiger partial charge in [0, 0.05) is 0 Å². The van der Waals surface area contributed by atoms with Crippen LogP contribution < -0.4 is 0 Å². The van der Waals surface area contributed by atoms with Gasteiger partial charge in [0.1, 0.15) is 12.7 Å². The fourth-order valence-corrected chi connectivity index (χ4v) is 0.206. The predicted molar refractivity (Wildman–Crippen MR) is 28.2 cm³/mol. The Balaban J connectivity index is 3.09. The summed E-state index contributed by atoms with van der Waals surface area (Å²) in [6.45, 7) is 3.55. The second kappa shape index (κ2) is 4.33. The summed E-state index contributed by atoms with van der Waals surface area (Å²) >= 11 is 0. The standard InChI is InChI=1S/C5H8O3/c1-2-5(7)3-8-4-6/h2,4-5,7H,1,3H2. The van der Waals surface area contributed by atoms with Crippen molar-refractivity contribution in [1.29, 1.82) is 0 Å². The van der Waals surface area contributed by atoms with E-state index in [1.807, 2.05) is 0 Å². The van der Waals surface area contributed by atoms with Gasteiger partial charge in [-0.3, -0.25) is 4.79 Å². The zero-order valence-electron chi connectivity index (χ0n) is 4.41. The molecule has 46 valence electrons. The average Bonchev–Trinajstić information content (AvgIpc) is 1.83. The summed E-state index contributed by atoms with van der Waals surface area (Å²) in [4.78, 5) is 9.46. The highest BCUT2D eigenvalue weighted by Gasteiger charge is 1.93. The molecule has 0 rings (SSSR count). The SMILES string of the molecule is C=CC(O)COC=O. The molecule has 0 amide bonds. The molecule has 0 fully saturated rings. The number of hydrogen-bond donors (Lipinski definition) is 1. The maximum Gasteiger partial charge on any atom is 0.293 e. The number of aliphatic hydroxyl groups is 1. The molecule has 0 bridgehead atoms. The highest BCUT2D eigenvalue weighted by Crippen LogP contribution is 1.81. The van der Waals surface area contributed by atoms with Gasteiger partial charge in [0.15, 0.2) is 0 Å². The van der Waals surface area contributed by atoms with E-state index in [1.54, 1.807) is 0 Å². The molecule has 0 aromatic rings. The van der Waals surface area contributed by atoms with Crippen LogP contribution in [0.15, 0.2) is 12.7 Å². The number of rotatable bonds is 4. The topological polar surface area (TPSA) is 46.5 Å². The zero-order chi connectivity index (χ0) is 6.41. The second-order valence-corrected chi connectivity index (χ2v) is 1.23. The first-order chi connectivity index (χ1) is 3.81. The minimum absolute atomic E-state index is 0.00694. The van der Waals surface area contributed by atoms with Gasteiger partial charge in [0.25, 0.3) is 6.47 Å². The maximum absolute atomic E-state index is 9.46. The monoisotopic (exact) mass is 116 g/mol. The molecule has 0 aromatic carbocycles. The van der Waals surface area contributed by atoms with Gasteiger partial charge in [0.2, 0.25) is 0 Å². The third-order valence-electron chi connectivity index (χ3n) is 0.607. The van der Waals surface area contributed by atoms with Crippen LogP contribution in [0, 0.1) is 0 Å². The molecule has 0 spiro atoms. The molecule has 0 saturated heterocycles. The average molecular weight is 116 g/mol. The van der Waals surface area contributed by atoms with Crippen molar-refractivity contribution in [3.8, 4) is 0 Å². The lowest BCUT2D eigenvalue weighted by Gasteiger charge is -1.99. The lowest BCUT2D eigenvalue weighted by atomic mass is 10.4. The van der Waals surface area contributed by atoms with Crippen LogP contribution in [0.25, 0.3) is 0 Å². The minimum Gasteiger partial charge on any atom is -0.465 e. The third-order valence-corrected chi connectivity index (χ3v) is 0.607. The summed E-state index contributed by atoms with van der Waals surface area (Å²) in [5, 5.41) is 8.59. The molecule has 0 radical (unpaired) electrons. The summed E-state index contributed by atoms with van der Waals surface area (Å²) in [6.07, 6.45) is 0.559. The highest BCUT2D eigenvalue weighted by molar-refractivity contribution is 5.36. The Kier molecular flexibility index (Phi) is 3.88. The number of carbonyl (C=O) groups excluding carboxylic acids is 1. The summed E-state index contributed by atoms with van der Waals surface area (Å²) < 4.78 is 4.18. The number of hydrogen-bond acceptors (Lipinski definition) is 3. The Morgan fingerprint density at radius 1 is 1.88 bits per heavy atom. The fraction of sp³-hybridized carbons (Fsp3) is 0.400. The quantitative estimate of drug-likeness (QED) is 0.405. The van der Waals surface area contributed by atoms with E-state index in [1.165, 1.54) is 6.08 Å². The van der Waals surface area contributed by atoms with Gasteiger partial charge in [-0.2, -0.15) is 0 Å². The number of ether oxygens (including phenoxy) is 1. The van der Waals surface area contributed by atoms with Crippen molar-refractivity contribution in [2.45, 2.75) is 6.10 Å². The smallest absolute Gasteiger partial charge is 0.293 e. The van der Waals surface area contributed by atoms with E-state index in [9.17, 15) is 4.79 Å². The van der Waals surface area contributed by atoms with Gasteiger partial charge < -0.3 is 9.84 Å².